The van der Waals surface area contributed by atoms with Gasteiger partial charge in [-0.25, -0.2) is 13.1 Å². The highest BCUT2D eigenvalue weighted by Crippen LogP contribution is 2.10. The summed E-state index contributed by atoms with van der Waals surface area (Å²) >= 11 is 0. The minimum atomic E-state index is -3.45. The molecular formula is C12H15NO3S. The van der Waals surface area contributed by atoms with Gasteiger partial charge in [0.15, 0.2) is 0 Å². The Bertz CT molecular complexity index is 526. The van der Waals surface area contributed by atoms with Gasteiger partial charge in [0, 0.05) is 12.1 Å². The topological polar surface area (TPSA) is 66.4 Å². The third-order valence-corrected chi connectivity index (χ3v) is 3.46. The molecule has 92 valence electrons. The number of hydrogen-bond acceptors (Lipinski definition) is 3. The molecule has 1 aromatic carbocycles. The predicted molar refractivity (Wildman–Crippen MR) is 65.9 cm³/mol. The van der Waals surface area contributed by atoms with Crippen LogP contribution in [0.25, 0.3) is 0 Å². The zero-order valence-electron chi connectivity index (χ0n) is 9.60. The number of aliphatic hydroxyl groups is 1. The van der Waals surface area contributed by atoms with Crippen LogP contribution in [0.4, 0.5) is 0 Å². The summed E-state index contributed by atoms with van der Waals surface area (Å²) in [6, 6.07) is 6.33. The largest absolute Gasteiger partial charge is 0.384 e. The molecule has 17 heavy (non-hydrogen) atoms. The van der Waals surface area contributed by atoms with E-state index in [2.05, 4.69) is 16.6 Å². The molecule has 0 aromatic heterocycles. The Morgan fingerprint density at radius 3 is 2.82 bits per heavy atom. The number of sulfonamides is 1. The monoisotopic (exact) mass is 253 g/mol. The van der Waals surface area contributed by atoms with Crippen LogP contribution in [0.2, 0.25) is 0 Å². The molecule has 5 heteroatoms. The quantitative estimate of drug-likeness (QED) is 0.777. The Kier molecular flexibility index (Phi) is 5.16. The summed E-state index contributed by atoms with van der Waals surface area (Å²) in [5.41, 5.74) is 0.568. The SMILES string of the molecule is CCCNS(=O)(=O)c1cccc(C#CCO)c1. The smallest absolute Gasteiger partial charge is 0.240 e. The molecule has 0 amide bonds. The zero-order chi connectivity index (χ0) is 12.7. The standard InChI is InChI=1S/C12H15NO3S/c1-2-8-13-17(15,16)12-7-3-5-11(10-12)6-4-9-14/h3,5,7,10,13-14H,2,8-9H2,1H3. The van der Waals surface area contributed by atoms with Crippen LogP contribution < -0.4 is 4.72 Å². The van der Waals surface area contributed by atoms with Gasteiger partial charge >= 0.3 is 0 Å². The van der Waals surface area contributed by atoms with E-state index in [-0.39, 0.29) is 11.5 Å². The van der Waals surface area contributed by atoms with Gasteiger partial charge in [-0.05, 0) is 24.6 Å². The van der Waals surface area contributed by atoms with Crippen LogP contribution in [-0.4, -0.2) is 26.7 Å². The van der Waals surface area contributed by atoms with Gasteiger partial charge in [0.05, 0.1) is 4.90 Å². The Hall–Kier alpha value is -1.35. The number of benzene rings is 1. The minimum Gasteiger partial charge on any atom is -0.384 e. The van der Waals surface area contributed by atoms with Crippen molar-refractivity contribution in [2.45, 2.75) is 18.2 Å². The first-order valence-electron chi connectivity index (χ1n) is 5.29. The lowest BCUT2D eigenvalue weighted by Gasteiger charge is -2.05. The second-order valence-corrected chi connectivity index (χ2v) is 5.15. The van der Waals surface area contributed by atoms with E-state index in [9.17, 15) is 8.42 Å². The lowest BCUT2D eigenvalue weighted by Crippen LogP contribution is -2.24. The predicted octanol–water partition coefficient (Wildman–Crippen LogP) is 0.719. The summed E-state index contributed by atoms with van der Waals surface area (Å²) in [5, 5.41) is 8.57. The molecule has 0 aliphatic heterocycles. The lowest BCUT2D eigenvalue weighted by atomic mass is 10.2. The van der Waals surface area contributed by atoms with Crippen molar-refractivity contribution in [3.8, 4) is 11.8 Å². The van der Waals surface area contributed by atoms with E-state index in [0.29, 0.717) is 12.1 Å². The zero-order valence-corrected chi connectivity index (χ0v) is 10.4. The summed E-state index contributed by atoms with van der Waals surface area (Å²) in [7, 11) is -3.45. The molecule has 0 fully saturated rings. The molecule has 0 radical (unpaired) electrons. The average Bonchev–Trinajstić information content (AvgIpc) is 2.34. The molecule has 0 bridgehead atoms. The Morgan fingerprint density at radius 1 is 1.41 bits per heavy atom. The molecule has 0 saturated carbocycles. The van der Waals surface area contributed by atoms with E-state index in [1.807, 2.05) is 6.92 Å². The first-order valence-corrected chi connectivity index (χ1v) is 6.78. The summed E-state index contributed by atoms with van der Waals surface area (Å²) in [6.45, 7) is 2.06. The van der Waals surface area contributed by atoms with Crippen molar-refractivity contribution in [1.82, 2.24) is 4.72 Å². The molecule has 0 spiro atoms. The van der Waals surface area contributed by atoms with Gasteiger partial charge in [0.25, 0.3) is 0 Å². The second-order valence-electron chi connectivity index (χ2n) is 3.39. The first-order chi connectivity index (χ1) is 8.10. The van der Waals surface area contributed by atoms with Crippen molar-refractivity contribution in [2.24, 2.45) is 0 Å². The Balaban J connectivity index is 2.99. The van der Waals surface area contributed by atoms with Gasteiger partial charge in [-0.1, -0.05) is 24.8 Å². The average molecular weight is 253 g/mol. The van der Waals surface area contributed by atoms with Gasteiger partial charge in [0.2, 0.25) is 10.0 Å². The minimum absolute atomic E-state index is 0.190. The van der Waals surface area contributed by atoms with Crippen LogP contribution in [-0.2, 0) is 10.0 Å². The fraction of sp³-hybridized carbons (Fsp3) is 0.333. The van der Waals surface area contributed by atoms with Gasteiger partial charge in [-0.3, -0.25) is 0 Å². The maximum atomic E-state index is 11.8. The van der Waals surface area contributed by atoms with E-state index in [1.54, 1.807) is 12.1 Å². The van der Waals surface area contributed by atoms with Crippen LogP contribution in [0.15, 0.2) is 29.2 Å². The van der Waals surface area contributed by atoms with Crippen molar-refractivity contribution >= 4 is 10.0 Å². The summed E-state index contributed by atoms with van der Waals surface area (Å²) < 4.78 is 26.1. The summed E-state index contributed by atoms with van der Waals surface area (Å²) in [4.78, 5) is 0.190. The molecule has 1 aromatic rings. The molecule has 0 saturated heterocycles. The summed E-state index contributed by atoms with van der Waals surface area (Å²) in [5.74, 6) is 5.15. The molecule has 0 atom stereocenters. The molecule has 2 N–H and O–H groups in total. The van der Waals surface area contributed by atoms with E-state index in [0.717, 1.165) is 6.42 Å². The first kappa shape index (κ1) is 13.7. The van der Waals surface area contributed by atoms with E-state index in [4.69, 9.17) is 5.11 Å². The second kappa shape index (κ2) is 6.40. The molecule has 0 aliphatic rings. The van der Waals surface area contributed by atoms with E-state index < -0.39 is 10.0 Å². The van der Waals surface area contributed by atoms with Crippen LogP contribution in [0.1, 0.15) is 18.9 Å². The van der Waals surface area contributed by atoms with Crippen molar-refractivity contribution in [3.05, 3.63) is 29.8 Å². The number of rotatable bonds is 4. The fourth-order valence-corrected chi connectivity index (χ4v) is 2.38. The highest BCUT2D eigenvalue weighted by molar-refractivity contribution is 7.89. The van der Waals surface area contributed by atoms with Crippen LogP contribution >= 0.6 is 0 Å². The van der Waals surface area contributed by atoms with E-state index in [1.165, 1.54) is 12.1 Å². The third kappa shape index (κ3) is 4.19. The maximum absolute atomic E-state index is 11.8. The summed E-state index contributed by atoms with van der Waals surface area (Å²) in [6.07, 6.45) is 0.739. The molecular weight excluding hydrogens is 238 g/mol. The molecule has 0 unspecified atom stereocenters. The Labute approximate surface area is 102 Å². The number of aliphatic hydroxyl groups excluding tert-OH is 1. The molecule has 1 rings (SSSR count). The van der Waals surface area contributed by atoms with Gasteiger partial charge in [-0.2, -0.15) is 0 Å². The molecule has 0 aliphatic carbocycles. The fourth-order valence-electron chi connectivity index (χ4n) is 1.20. The van der Waals surface area contributed by atoms with Crippen molar-refractivity contribution in [2.75, 3.05) is 13.2 Å². The number of hydrogen-bond donors (Lipinski definition) is 2. The third-order valence-electron chi connectivity index (χ3n) is 2.00. The van der Waals surface area contributed by atoms with Crippen molar-refractivity contribution < 1.29 is 13.5 Å². The Morgan fingerprint density at radius 2 is 2.18 bits per heavy atom. The maximum Gasteiger partial charge on any atom is 0.240 e. The van der Waals surface area contributed by atoms with Crippen LogP contribution in [0, 0.1) is 11.8 Å². The van der Waals surface area contributed by atoms with Gasteiger partial charge in [-0.15, -0.1) is 0 Å². The lowest BCUT2D eigenvalue weighted by molar-refractivity contribution is 0.350. The highest BCUT2D eigenvalue weighted by atomic mass is 32.2. The van der Waals surface area contributed by atoms with Crippen LogP contribution in [0.5, 0.6) is 0 Å². The normalized spacial score (nSPS) is 10.7. The molecule has 0 heterocycles. The van der Waals surface area contributed by atoms with Gasteiger partial charge in [0.1, 0.15) is 6.61 Å². The van der Waals surface area contributed by atoms with Crippen molar-refractivity contribution in [1.29, 1.82) is 0 Å². The van der Waals surface area contributed by atoms with Crippen molar-refractivity contribution in [3.63, 3.8) is 0 Å². The highest BCUT2D eigenvalue weighted by Gasteiger charge is 2.12. The molecule has 4 nitrogen and oxygen atoms in total. The van der Waals surface area contributed by atoms with Crippen LogP contribution in [0.3, 0.4) is 0 Å². The van der Waals surface area contributed by atoms with Gasteiger partial charge < -0.3 is 5.11 Å². The van der Waals surface area contributed by atoms with E-state index >= 15 is 0 Å². The number of nitrogens with one attached hydrogen (secondary N) is 1.